The van der Waals surface area contributed by atoms with Crippen LogP contribution in [0, 0.1) is 0 Å². The standard InChI is InChI=1S/C18H16F3N5O2/c1-25-15(18(19,20)21)9-13(23-25)17(27)26-8-7-14-12(10-26)16(24-28-14)22-11-5-3-2-4-6-11/h2-6,9H,7-8,10H2,1H3,(H,22,24). The molecule has 0 bridgehead atoms. The number of carbonyl (C=O) groups is 1. The van der Waals surface area contributed by atoms with Crippen molar-refractivity contribution in [2.24, 2.45) is 7.05 Å². The number of aromatic nitrogens is 3. The van der Waals surface area contributed by atoms with Gasteiger partial charge >= 0.3 is 6.18 Å². The average molecular weight is 391 g/mol. The van der Waals surface area contributed by atoms with Crippen molar-refractivity contribution in [3.63, 3.8) is 0 Å². The van der Waals surface area contributed by atoms with Crippen LogP contribution >= 0.6 is 0 Å². The van der Waals surface area contributed by atoms with E-state index < -0.39 is 17.8 Å². The minimum atomic E-state index is -4.57. The number of nitrogens with zero attached hydrogens (tertiary/aromatic N) is 4. The maximum atomic E-state index is 13.0. The number of hydrogen-bond donors (Lipinski definition) is 1. The number of carbonyl (C=O) groups excluding carboxylic acids is 1. The fourth-order valence-electron chi connectivity index (χ4n) is 3.14. The molecular weight excluding hydrogens is 375 g/mol. The van der Waals surface area contributed by atoms with E-state index in [0.717, 1.165) is 18.8 Å². The normalized spacial score (nSPS) is 14.1. The van der Waals surface area contributed by atoms with Gasteiger partial charge in [0.05, 0.1) is 12.1 Å². The van der Waals surface area contributed by atoms with Crippen LogP contribution in [0.3, 0.4) is 0 Å². The molecule has 0 saturated heterocycles. The van der Waals surface area contributed by atoms with E-state index in [9.17, 15) is 18.0 Å². The van der Waals surface area contributed by atoms with Crippen molar-refractivity contribution < 1.29 is 22.5 Å². The molecule has 1 aliphatic rings. The molecule has 3 aromatic rings. The minimum Gasteiger partial charge on any atom is -0.359 e. The van der Waals surface area contributed by atoms with Crippen molar-refractivity contribution in [1.82, 2.24) is 19.8 Å². The molecule has 10 heteroatoms. The third-order valence-corrected chi connectivity index (χ3v) is 4.54. The fourth-order valence-corrected chi connectivity index (χ4v) is 3.14. The molecule has 0 spiro atoms. The van der Waals surface area contributed by atoms with Gasteiger partial charge in [0.1, 0.15) is 11.5 Å². The Hall–Kier alpha value is -3.30. The van der Waals surface area contributed by atoms with Crippen molar-refractivity contribution in [2.75, 3.05) is 11.9 Å². The van der Waals surface area contributed by atoms with Gasteiger partial charge in [0, 0.05) is 31.8 Å². The van der Waals surface area contributed by atoms with E-state index in [1.807, 2.05) is 30.3 Å². The van der Waals surface area contributed by atoms with Gasteiger partial charge < -0.3 is 14.7 Å². The molecular formula is C18H16F3N5O2. The molecule has 1 amide bonds. The van der Waals surface area contributed by atoms with E-state index in [2.05, 4.69) is 15.6 Å². The quantitative estimate of drug-likeness (QED) is 0.741. The Labute approximate surface area is 157 Å². The monoisotopic (exact) mass is 391 g/mol. The topological polar surface area (TPSA) is 76.2 Å². The third-order valence-electron chi connectivity index (χ3n) is 4.54. The summed E-state index contributed by atoms with van der Waals surface area (Å²) >= 11 is 0. The summed E-state index contributed by atoms with van der Waals surface area (Å²) in [7, 11) is 1.16. The Kier molecular flexibility index (Phi) is 4.33. The van der Waals surface area contributed by atoms with Crippen molar-refractivity contribution >= 4 is 17.4 Å². The highest BCUT2D eigenvalue weighted by molar-refractivity contribution is 5.92. The average Bonchev–Trinajstić information content (AvgIpc) is 3.25. The summed E-state index contributed by atoms with van der Waals surface area (Å²) in [6.07, 6.45) is -4.15. The van der Waals surface area contributed by atoms with Crippen LogP contribution in [-0.2, 0) is 26.2 Å². The molecule has 1 aromatic carbocycles. The van der Waals surface area contributed by atoms with Crippen LogP contribution in [-0.4, -0.2) is 32.3 Å². The van der Waals surface area contributed by atoms with Crippen LogP contribution in [0.2, 0.25) is 0 Å². The van der Waals surface area contributed by atoms with Gasteiger partial charge in [0.15, 0.2) is 11.5 Å². The van der Waals surface area contributed by atoms with Crippen LogP contribution in [0.15, 0.2) is 40.9 Å². The summed E-state index contributed by atoms with van der Waals surface area (Å²) in [5.41, 5.74) is 0.300. The lowest BCUT2D eigenvalue weighted by molar-refractivity contribution is -0.143. The molecule has 2 aromatic heterocycles. The second-order valence-electron chi connectivity index (χ2n) is 6.44. The first-order valence-corrected chi connectivity index (χ1v) is 8.53. The van der Waals surface area contributed by atoms with Gasteiger partial charge in [-0.1, -0.05) is 23.4 Å². The smallest absolute Gasteiger partial charge is 0.359 e. The van der Waals surface area contributed by atoms with Crippen molar-refractivity contribution in [2.45, 2.75) is 19.1 Å². The van der Waals surface area contributed by atoms with Crippen LogP contribution in [0.4, 0.5) is 24.7 Å². The zero-order valence-corrected chi connectivity index (χ0v) is 14.8. The summed E-state index contributed by atoms with van der Waals surface area (Å²) in [5, 5.41) is 10.9. The number of rotatable bonds is 3. The largest absolute Gasteiger partial charge is 0.433 e. The van der Waals surface area contributed by atoms with Crippen molar-refractivity contribution in [1.29, 1.82) is 0 Å². The van der Waals surface area contributed by atoms with Gasteiger partial charge in [-0.15, -0.1) is 0 Å². The number of halogens is 3. The second kappa shape index (κ2) is 6.70. The number of amides is 1. The summed E-state index contributed by atoms with van der Waals surface area (Å²) in [5.74, 6) is 0.568. The molecule has 28 heavy (non-hydrogen) atoms. The molecule has 7 nitrogen and oxygen atoms in total. The molecule has 0 fully saturated rings. The van der Waals surface area contributed by atoms with E-state index >= 15 is 0 Å². The molecule has 0 atom stereocenters. The molecule has 1 N–H and O–H groups in total. The van der Waals surface area contributed by atoms with Crippen molar-refractivity contribution in [3.05, 3.63) is 59.1 Å². The zero-order valence-electron chi connectivity index (χ0n) is 14.8. The van der Waals surface area contributed by atoms with Gasteiger partial charge in [-0.05, 0) is 12.1 Å². The Balaban J connectivity index is 1.55. The maximum absolute atomic E-state index is 13.0. The molecule has 0 radical (unpaired) electrons. The van der Waals surface area contributed by atoms with Crippen LogP contribution in [0.1, 0.15) is 27.5 Å². The number of anilines is 2. The summed E-state index contributed by atoms with van der Waals surface area (Å²) in [6, 6.07) is 10.1. The second-order valence-corrected chi connectivity index (χ2v) is 6.44. The fraction of sp³-hybridized carbons (Fsp3) is 0.278. The number of aryl methyl sites for hydroxylation is 1. The molecule has 3 heterocycles. The van der Waals surface area contributed by atoms with Gasteiger partial charge in [-0.25, -0.2) is 0 Å². The maximum Gasteiger partial charge on any atom is 0.433 e. The Morgan fingerprint density at radius 3 is 2.68 bits per heavy atom. The number of benzene rings is 1. The Morgan fingerprint density at radius 2 is 2.00 bits per heavy atom. The SMILES string of the molecule is Cn1nc(C(=O)N2CCc3onc(Nc4ccccc4)c3C2)cc1C(F)(F)F. The Bertz CT molecular complexity index is 1010. The summed E-state index contributed by atoms with van der Waals surface area (Å²) in [6.45, 7) is 0.481. The first-order chi connectivity index (χ1) is 13.3. The van der Waals surface area contributed by atoms with Gasteiger partial charge in [0.25, 0.3) is 5.91 Å². The predicted octanol–water partition coefficient (Wildman–Crippen LogP) is 3.37. The predicted molar refractivity (Wildman–Crippen MR) is 92.9 cm³/mol. The highest BCUT2D eigenvalue weighted by Crippen LogP contribution is 2.31. The highest BCUT2D eigenvalue weighted by Gasteiger charge is 2.37. The van der Waals surface area contributed by atoms with E-state index in [4.69, 9.17) is 4.52 Å². The lowest BCUT2D eigenvalue weighted by Crippen LogP contribution is -2.36. The van der Waals surface area contributed by atoms with Gasteiger partial charge in [-0.3, -0.25) is 9.48 Å². The van der Waals surface area contributed by atoms with Gasteiger partial charge in [-0.2, -0.15) is 18.3 Å². The van der Waals surface area contributed by atoms with Crippen LogP contribution < -0.4 is 5.32 Å². The first-order valence-electron chi connectivity index (χ1n) is 8.53. The summed E-state index contributed by atoms with van der Waals surface area (Å²) in [4.78, 5) is 14.1. The van der Waals surface area contributed by atoms with Crippen molar-refractivity contribution in [3.8, 4) is 0 Å². The number of alkyl halides is 3. The molecule has 4 rings (SSSR count). The lowest BCUT2D eigenvalue weighted by Gasteiger charge is -2.25. The van der Waals surface area contributed by atoms with Crippen LogP contribution in [0.25, 0.3) is 0 Å². The van der Waals surface area contributed by atoms with Crippen LogP contribution in [0.5, 0.6) is 0 Å². The summed E-state index contributed by atoms with van der Waals surface area (Å²) < 4.78 is 44.9. The third kappa shape index (κ3) is 3.32. The van der Waals surface area contributed by atoms with Gasteiger partial charge in [0.2, 0.25) is 0 Å². The lowest BCUT2D eigenvalue weighted by atomic mass is 10.1. The van der Waals surface area contributed by atoms with E-state index in [0.29, 0.717) is 34.8 Å². The molecule has 0 unspecified atom stereocenters. The zero-order chi connectivity index (χ0) is 19.9. The number of nitrogens with one attached hydrogen (secondary N) is 1. The number of para-hydroxylation sites is 1. The highest BCUT2D eigenvalue weighted by atomic mass is 19.4. The Morgan fingerprint density at radius 1 is 1.25 bits per heavy atom. The molecule has 0 aliphatic carbocycles. The first kappa shape index (κ1) is 18.1. The number of fused-ring (bicyclic) bond motifs is 1. The van der Waals surface area contributed by atoms with E-state index in [1.165, 1.54) is 4.90 Å². The molecule has 0 saturated carbocycles. The number of hydrogen-bond acceptors (Lipinski definition) is 5. The molecule has 146 valence electrons. The van der Waals surface area contributed by atoms with E-state index in [1.54, 1.807) is 0 Å². The molecule has 1 aliphatic heterocycles. The minimum absolute atomic E-state index is 0.171. The van der Waals surface area contributed by atoms with E-state index in [-0.39, 0.29) is 12.2 Å².